The second-order valence-corrected chi connectivity index (χ2v) is 7.27. The fraction of sp³-hybridized carbons (Fsp3) is 0.467. The van der Waals surface area contributed by atoms with E-state index in [2.05, 4.69) is 11.9 Å². The maximum atomic E-state index is 11.6. The average molecular weight is 295 g/mol. The van der Waals surface area contributed by atoms with Crippen molar-refractivity contribution in [3.63, 3.8) is 0 Å². The van der Waals surface area contributed by atoms with Gasteiger partial charge in [-0.2, -0.15) is 0 Å². The van der Waals surface area contributed by atoms with Crippen LogP contribution < -0.4 is 10.1 Å². The number of para-hydroxylation sites is 1. The van der Waals surface area contributed by atoms with E-state index < -0.39 is 9.84 Å². The van der Waals surface area contributed by atoms with Gasteiger partial charge in [0.15, 0.2) is 9.84 Å². The molecule has 1 aliphatic heterocycles. The van der Waals surface area contributed by atoms with E-state index in [9.17, 15) is 8.42 Å². The van der Waals surface area contributed by atoms with Gasteiger partial charge in [-0.25, -0.2) is 8.42 Å². The zero-order valence-corrected chi connectivity index (χ0v) is 12.4. The van der Waals surface area contributed by atoms with E-state index in [1.165, 1.54) is 0 Å². The van der Waals surface area contributed by atoms with Crippen LogP contribution in [0.4, 0.5) is 0 Å². The first-order valence-electron chi connectivity index (χ1n) is 6.86. The molecule has 5 heteroatoms. The molecule has 1 aromatic rings. The van der Waals surface area contributed by atoms with Gasteiger partial charge < -0.3 is 10.1 Å². The van der Waals surface area contributed by atoms with Gasteiger partial charge in [0.2, 0.25) is 0 Å². The Balaban J connectivity index is 1.95. The highest BCUT2D eigenvalue weighted by Crippen LogP contribution is 2.19. The fourth-order valence-corrected chi connectivity index (χ4v) is 4.05. The number of sulfone groups is 1. The summed E-state index contributed by atoms with van der Waals surface area (Å²) in [6.07, 6.45) is 3.36. The Labute approximate surface area is 120 Å². The van der Waals surface area contributed by atoms with Crippen LogP contribution >= 0.6 is 0 Å². The van der Waals surface area contributed by atoms with Crippen LogP contribution in [0.25, 0.3) is 0 Å². The molecular formula is C15H21NO3S. The normalized spacial score (nSPS) is 21.3. The van der Waals surface area contributed by atoms with Gasteiger partial charge in [0.1, 0.15) is 12.4 Å². The van der Waals surface area contributed by atoms with E-state index in [0.29, 0.717) is 18.9 Å². The lowest BCUT2D eigenvalue weighted by atomic mass is 10.1. The summed E-state index contributed by atoms with van der Waals surface area (Å²) in [6.45, 7) is 4.72. The third-order valence-electron chi connectivity index (χ3n) is 3.37. The molecule has 0 aromatic heterocycles. The summed E-state index contributed by atoms with van der Waals surface area (Å²) in [7, 11) is -2.87. The second kappa shape index (κ2) is 6.90. The molecule has 0 aliphatic carbocycles. The fourth-order valence-electron chi connectivity index (χ4n) is 2.38. The molecule has 1 unspecified atom stereocenters. The van der Waals surface area contributed by atoms with E-state index in [1.54, 1.807) is 6.08 Å². The van der Waals surface area contributed by atoms with Gasteiger partial charge in [-0.05, 0) is 18.9 Å². The Morgan fingerprint density at radius 3 is 2.95 bits per heavy atom. The highest BCUT2D eigenvalue weighted by molar-refractivity contribution is 7.91. The molecule has 1 N–H and O–H groups in total. The molecule has 1 fully saturated rings. The van der Waals surface area contributed by atoms with E-state index in [0.717, 1.165) is 24.2 Å². The molecule has 1 saturated heterocycles. The Bertz CT molecular complexity index is 554. The maximum absolute atomic E-state index is 11.6. The van der Waals surface area contributed by atoms with Gasteiger partial charge in [0.05, 0.1) is 11.5 Å². The largest absolute Gasteiger partial charge is 0.489 e. The topological polar surface area (TPSA) is 55.4 Å². The number of ether oxygens (including phenoxy) is 1. The minimum Gasteiger partial charge on any atom is -0.489 e. The molecule has 4 nitrogen and oxygen atoms in total. The van der Waals surface area contributed by atoms with Crippen molar-refractivity contribution < 1.29 is 13.2 Å². The van der Waals surface area contributed by atoms with Gasteiger partial charge in [0, 0.05) is 18.2 Å². The SMILES string of the molecule is C=CCOc1ccccc1CNC1CCCS(=O)(=O)C1. The Morgan fingerprint density at radius 2 is 2.20 bits per heavy atom. The van der Waals surface area contributed by atoms with Gasteiger partial charge in [-0.1, -0.05) is 30.9 Å². The van der Waals surface area contributed by atoms with Crippen molar-refractivity contribution >= 4 is 9.84 Å². The Morgan fingerprint density at radius 1 is 1.40 bits per heavy atom. The summed E-state index contributed by atoms with van der Waals surface area (Å²) < 4.78 is 28.8. The molecule has 1 aromatic carbocycles. The number of hydrogen-bond acceptors (Lipinski definition) is 4. The van der Waals surface area contributed by atoms with Crippen molar-refractivity contribution in [2.75, 3.05) is 18.1 Å². The average Bonchev–Trinajstić information content (AvgIpc) is 2.43. The van der Waals surface area contributed by atoms with Crippen LogP contribution in [0.5, 0.6) is 5.75 Å². The third kappa shape index (κ3) is 4.35. The lowest BCUT2D eigenvalue weighted by molar-refractivity contribution is 0.356. The van der Waals surface area contributed by atoms with Crippen molar-refractivity contribution in [2.45, 2.75) is 25.4 Å². The summed E-state index contributed by atoms with van der Waals surface area (Å²) >= 11 is 0. The van der Waals surface area contributed by atoms with Crippen molar-refractivity contribution in [3.8, 4) is 5.75 Å². The molecule has 2 rings (SSSR count). The van der Waals surface area contributed by atoms with Crippen LogP contribution in [-0.4, -0.2) is 32.6 Å². The van der Waals surface area contributed by atoms with E-state index in [-0.39, 0.29) is 11.8 Å². The van der Waals surface area contributed by atoms with Gasteiger partial charge in [0.25, 0.3) is 0 Å². The van der Waals surface area contributed by atoms with Crippen LogP contribution in [-0.2, 0) is 16.4 Å². The molecule has 1 heterocycles. The summed E-state index contributed by atoms with van der Waals surface area (Å²) in [5.41, 5.74) is 1.04. The van der Waals surface area contributed by atoms with Crippen molar-refractivity contribution in [2.24, 2.45) is 0 Å². The monoisotopic (exact) mass is 295 g/mol. The van der Waals surface area contributed by atoms with E-state index in [1.807, 2.05) is 24.3 Å². The summed E-state index contributed by atoms with van der Waals surface area (Å²) in [4.78, 5) is 0. The van der Waals surface area contributed by atoms with Gasteiger partial charge in [-0.3, -0.25) is 0 Å². The predicted molar refractivity (Wildman–Crippen MR) is 80.6 cm³/mol. The first-order valence-corrected chi connectivity index (χ1v) is 8.68. The van der Waals surface area contributed by atoms with Gasteiger partial charge in [-0.15, -0.1) is 0 Å². The maximum Gasteiger partial charge on any atom is 0.151 e. The molecule has 0 amide bonds. The Hall–Kier alpha value is -1.33. The molecule has 1 aliphatic rings. The van der Waals surface area contributed by atoms with Crippen molar-refractivity contribution in [3.05, 3.63) is 42.5 Å². The van der Waals surface area contributed by atoms with Crippen LogP contribution in [0.3, 0.4) is 0 Å². The highest BCUT2D eigenvalue weighted by Gasteiger charge is 2.24. The number of benzene rings is 1. The lowest BCUT2D eigenvalue weighted by Gasteiger charge is -2.23. The van der Waals surface area contributed by atoms with Crippen molar-refractivity contribution in [1.82, 2.24) is 5.32 Å². The Kier molecular flexibility index (Phi) is 5.20. The smallest absolute Gasteiger partial charge is 0.151 e. The van der Waals surface area contributed by atoms with Crippen LogP contribution in [0.15, 0.2) is 36.9 Å². The van der Waals surface area contributed by atoms with E-state index in [4.69, 9.17) is 4.74 Å². The van der Waals surface area contributed by atoms with Crippen molar-refractivity contribution in [1.29, 1.82) is 0 Å². The molecule has 0 spiro atoms. The molecule has 1 atom stereocenters. The quantitative estimate of drug-likeness (QED) is 0.815. The third-order valence-corrected chi connectivity index (χ3v) is 5.19. The number of nitrogens with one attached hydrogen (secondary N) is 1. The number of hydrogen-bond donors (Lipinski definition) is 1. The van der Waals surface area contributed by atoms with E-state index >= 15 is 0 Å². The standard InChI is InChI=1S/C15H21NO3S/c1-2-9-19-15-8-4-3-6-13(15)11-16-14-7-5-10-20(17,18)12-14/h2-4,6,8,14,16H,1,5,7,9-12H2. The molecule has 20 heavy (non-hydrogen) atoms. The molecule has 110 valence electrons. The first kappa shape index (κ1) is 15.1. The van der Waals surface area contributed by atoms with Crippen LogP contribution in [0, 0.1) is 0 Å². The zero-order chi connectivity index (χ0) is 14.4. The first-order chi connectivity index (χ1) is 9.61. The van der Waals surface area contributed by atoms with Crippen LogP contribution in [0.1, 0.15) is 18.4 Å². The molecule has 0 saturated carbocycles. The zero-order valence-electron chi connectivity index (χ0n) is 11.5. The minimum absolute atomic E-state index is 0.0428. The number of rotatable bonds is 6. The summed E-state index contributed by atoms with van der Waals surface area (Å²) in [5, 5.41) is 3.33. The molecule has 0 bridgehead atoms. The summed E-state index contributed by atoms with van der Waals surface area (Å²) in [5.74, 6) is 1.38. The predicted octanol–water partition coefficient (Wildman–Crippen LogP) is 1.92. The van der Waals surface area contributed by atoms with Crippen LogP contribution in [0.2, 0.25) is 0 Å². The minimum atomic E-state index is -2.87. The molecule has 0 radical (unpaired) electrons. The summed E-state index contributed by atoms with van der Waals surface area (Å²) in [6, 6.07) is 7.82. The lowest BCUT2D eigenvalue weighted by Crippen LogP contribution is -2.39. The highest BCUT2D eigenvalue weighted by atomic mass is 32.2. The molecular weight excluding hydrogens is 274 g/mol. The second-order valence-electron chi connectivity index (χ2n) is 5.04. The van der Waals surface area contributed by atoms with Gasteiger partial charge >= 0.3 is 0 Å².